The van der Waals surface area contributed by atoms with Gasteiger partial charge in [-0.2, -0.15) is 8.42 Å². The third-order valence-electron chi connectivity index (χ3n) is 3.65. The fourth-order valence-electron chi connectivity index (χ4n) is 2.33. The first-order chi connectivity index (χ1) is 12.9. The first-order valence-electron chi connectivity index (χ1n) is 8.59. The van der Waals surface area contributed by atoms with Gasteiger partial charge in [0.1, 0.15) is 10.6 Å². The Kier molecular flexibility index (Phi) is 6.95. The Morgan fingerprint density at radius 3 is 2.48 bits per heavy atom. The molecule has 0 aliphatic carbocycles. The van der Waals surface area contributed by atoms with Crippen LogP contribution in [0.4, 0.5) is 10.5 Å². The number of hydrogen-bond donors (Lipinski definition) is 2. The lowest BCUT2D eigenvalue weighted by molar-refractivity contribution is -0.119. The van der Waals surface area contributed by atoms with E-state index in [4.69, 9.17) is 4.18 Å². The molecule has 2 aromatic rings. The molecular weight excluding hydrogens is 368 g/mol. The van der Waals surface area contributed by atoms with Gasteiger partial charge in [-0.3, -0.25) is 10.1 Å². The van der Waals surface area contributed by atoms with Crippen LogP contribution in [0.3, 0.4) is 0 Å². The molecule has 0 fully saturated rings. The topological polar surface area (TPSA) is 102 Å². The summed E-state index contributed by atoms with van der Waals surface area (Å²) >= 11 is 0. The zero-order valence-corrected chi connectivity index (χ0v) is 16.0. The summed E-state index contributed by atoms with van der Waals surface area (Å²) in [7, 11) is -4.08. The average molecular weight is 390 g/mol. The van der Waals surface area contributed by atoms with Crippen molar-refractivity contribution in [1.82, 2.24) is 5.32 Å². The van der Waals surface area contributed by atoms with Crippen molar-refractivity contribution in [2.45, 2.75) is 38.0 Å². The summed E-state index contributed by atoms with van der Waals surface area (Å²) in [6.45, 7) is 3.61. The highest BCUT2D eigenvalue weighted by Gasteiger charge is 2.19. The molecule has 8 heteroatoms. The van der Waals surface area contributed by atoms with Gasteiger partial charge in [0.05, 0.1) is 0 Å². The van der Waals surface area contributed by atoms with Crippen molar-refractivity contribution in [3.05, 3.63) is 54.1 Å². The van der Waals surface area contributed by atoms with Crippen molar-refractivity contribution in [3.8, 4) is 5.75 Å². The zero-order chi connectivity index (χ0) is 19.9. The van der Waals surface area contributed by atoms with Gasteiger partial charge in [-0.05, 0) is 36.2 Å². The number of amides is 3. The molecule has 0 aliphatic rings. The summed E-state index contributed by atoms with van der Waals surface area (Å²) in [6.07, 6.45) is 1.71. The SMILES string of the molecule is CCCc1ccccc1OS(=O)(=O)c1cccc(NC(=O)NC(=O)CC)c1. The van der Waals surface area contributed by atoms with Crippen LogP contribution in [0.25, 0.3) is 0 Å². The number of carbonyl (C=O) groups excluding carboxylic acids is 2. The fourth-order valence-corrected chi connectivity index (χ4v) is 3.35. The molecule has 2 N–H and O–H groups in total. The van der Waals surface area contributed by atoms with Crippen molar-refractivity contribution in [2.75, 3.05) is 5.32 Å². The Balaban J connectivity index is 2.20. The molecule has 0 saturated carbocycles. The standard InChI is InChI=1S/C19H22N2O5S/c1-3-8-14-9-5-6-12-17(14)26-27(24,25)16-11-7-10-15(13-16)20-19(23)21-18(22)4-2/h5-7,9-13H,3-4,8H2,1-2H3,(H2,20,21,22,23). The van der Waals surface area contributed by atoms with E-state index < -0.39 is 22.1 Å². The van der Waals surface area contributed by atoms with E-state index in [0.29, 0.717) is 6.42 Å². The van der Waals surface area contributed by atoms with Gasteiger partial charge in [0.2, 0.25) is 5.91 Å². The van der Waals surface area contributed by atoms with Crippen LogP contribution >= 0.6 is 0 Å². The Hall–Kier alpha value is -2.87. The van der Waals surface area contributed by atoms with Crippen LogP contribution in [-0.2, 0) is 21.3 Å². The van der Waals surface area contributed by atoms with Crippen molar-refractivity contribution >= 4 is 27.7 Å². The number of rotatable bonds is 7. The van der Waals surface area contributed by atoms with Crippen molar-refractivity contribution < 1.29 is 22.2 Å². The molecular formula is C19H22N2O5S. The Morgan fingerprint density at radius 1 is 1.04 bits per heavy atom. The molecule has 2 rings (SSSR count). The third-order valence-corrected chi connectivity index (χ3v) is 4.88. The normalized spacial score (nSPS) is 10.9. The molecule has 0 unspecified atom stereocenters. The van der Waals surface area contributed by atoms with Gasteiger partial charge in [-0.25, -0.2) is 4.79 Å². The first kappa shape index (κ1) is 20.4. The highest BCUT2D eigenvalue weighted by molar-refractivity contribution is 7.87. The van der Waals surface area contributed by atoms with Gasteiger partial charge >= 0.3 is 16.1 Å². The number of nitrogens with one attached hydrogen (secondary N) is 2. The summed E-state index contributed by atoms with van der Waals surface area (Å²) in [6, 6.07) is 11.9. The van der Waals surface area contributed by atoms with E-state index in [0.717, 1.165) is 12.0 Å². The summed E-state index contributed by atoms with van der Waals surface area (Å²) < 4.78 is 30.5. The number of urea groups is 1. The van der Waals surface area contributed by atoms with Crippen LogP contribution in [0, 0.1) is 0 Å². The number of anilines is 1. The van der Waals surface area contributed by atoms with E-state index >= 15 is 0 Å². The van der Waals surface area contributed by atoms with E-state index in [2.05, 4.69) is 10.6 Å². The molecule has 2 aromatic carbocycles. The molecule has 7 nitrogen and oxygen atoms in total. The maximum atomic E-state index is 12.6. The van der Waals surface area contributed by atoms with Crippen LogP contribution in [0.1, 0.15) is 32.3 Å². The predicted octanol–water partition coefficient (Wildman–Crippen LogP) is 3.46. The quantitative estimate of drug-likeness (QED) is 0.705. The van der Waals surface area contributed by atoms with Crippen molar-refractivity contribution in [2.24, 2.45) is 0 Å². The molecule has 0 spiro atoms. The van der Waals surface area contributed by atoms with Gasteiger partial charge in [-0.15, -0.1) is 0 Å². The Bertz CT molecular complexity index is 925. The lowest BCUT2D eigenvalue weighted by Gasteiger charge is -2.12. The van der Waals surface area contributed by atoms with Gasteiger partial charge < -0.3 is 9.50 Å². The summed E-state index contributed by atoms with van der Waals surface area (Å²) in [5, 5.41) is 4.55. The molecule has 3 amide bonds. The van der Waals surface area contributed by atoms with Gasteiger partial charge in [0.25, 0.3) is 0 Å². The molecule has 144 valence electrons. The summed E-state index contributed by atoms with van der Waals surface area (Å²) in [5.41, 5.74) is 1.03. The second kappa shape index (κ2) is 9.18. The number of carbonyl (C=O) groups is 2. The average Bonchev–Trinajstić information content (AvgIpc) is 2.63. The number of imide groups is 1. The highest BCUT2D eigenvalue weighted by Crippen LogP contribution is 2.25. The predicted molar refractivity (Wildman–Crippen MR) is 102 cm³/mol. The van der Waals surface area contributed by atoms with E-state index in [9.17, 15) is 18.0 Å². The van der Waals surface area contributed by atoms with Crippen molar-refractivity contribution in [1.29, 1.82) is 0 Å². The minimum Gasteiger partial charge on any atom is -0.379 e. The maximum absolute atomic E-state index is 12.6. The van der Waals surface area contributed by atoms with Crippen LogP contribution in [-0.4, -0.2) is 20.4 Å². The number of benzene rings is 2. The minimum atomic E-state index is -4.08. The lowest BCUT2D eigenvalue weighted by Crippen LogP contribution is -2.33. The van der Waals surface area contributed by atoms with Gasteiger partial charge in [0.15, 0.2) is 0 Å². The minimum absolute atomic E-state index is 0.103. The smallest absolute Gasteiger partial charge is 0.339 e. The number of hydrogen-bond acceptors (Lipinski definition) is 5. The molecule has 0 aliphatic heterocycles. The van der Waals surface area contributed by atoms with Gasteiger partial charge in [-0.1, -0.05) is 44.5 Å². The molecule has 0 heterocycles. The number of aryl methyl sites for hydroxylation is 1. The van der Waals surface area contributed by atoms with E-state index in [1.807, 2.05) is 19.1 Å². The molecule has 0 bridgehead atoms. The Morgan fingerprint density at radius 2 is 1.78 bits per heavy atom. The number of para-hydroxylation sites is 1. The molecule has 27 heavy (non-hydrogen) atoms. The third kappa shape index (κ3) is 5.82. The second-order valence-electron chi connectivity index (χ2n) is 5.78. The summed E-state index contributed by atoms with van der Waals surface area (Å²) in [5.74, 6) is -0.156. The second-order valence-corrected chi connectivity index (χ2v) is 7.33. The molecule has 0 radical (unpaired) electrons. The fraction of sp³-hybridized carbons (Fsp3) is 0.263. The van der Waals surface area contributed by atoms with E-state index in [-0.39, 0.29) is 22.8 Å². The molecule has 0 saturated heterocycles. The van der Waals surface area contributed by atoms with E-state index in [1.165, 1.54) is 24.3 Å². The largest absolute Gasteiger partial charge is 0.379 e. The monoisotopic (exact) mass is 390 g/mol. The lowest BCUT2D eigenvalue weighted by atomic mass is 10.1. The molecule has 0 atom stereocenters. The van der Waals surface area contributed by atoms with Crippen LogP contribution in [0.5, 0.6) is 5.75 Å². The molecule has 0 aromatic heterocycles. The zero-order valence-electron chi connectivity index (χ0n) is 15.2. The van der Waals surface area contributed by atoms with Crippen LogP contribution in [0.15, 0.2) is 53.4 Å². The first-order valence-corrected chi connectivity index (χ1v) is 9.99. The Labute approximate surface area is 158 Å². The summed E-state index contributed by atoms with van der Waals surface area (Å²) in [4.78, 5) is 22.9. The van der Waals surface area contributed by atoms with Crippen LogP contribution in [0.2, 0.25) is 0 Å². The highest BCUT2D eigenvalue weighted by atomic mass is 32.2. The van der Waals surface area contributed by atoms with Gasteiger partial charge in [0, 0.05) is 12.1 Å². The van der Waals surface area contributed by atoms with Crippen LogP contribution < -0.4 is 14.8 Å². The van der Waals surface area contributed by atoms with E-state index in [1.54, 1.807) is 19.1 Å². The maximum Gasteiger partial charge on any atom is 0.339 e. The van der Waals surface area contributed by atoms with Crippen molar-refractivity contribution in [3.63, 3.8) is 0 Å².